The Morgan fingerprint density at radius 2 is 1.92 bits per heavy atom. The van der Waals surface area contributed by atoms with Crippen LogP contribution in [0.3, 0.4) is 0 Å². The molecular weight excluding hydrogens is 342 g/mol. The SMILES string of the molecule is Nc1c(C(=O)N2CCOCC2)sc2nc3cc4c(cc3cc12)OCO4. The van der Waals surface area contributed by atoms with E-state index in [9.17, 15) is 4.79 Å². The Labute approximate surface area is 146 Å². The number of nitrogen functional groups attached to an aromatic ring is 1. The molecular formula is C17H15N3O4S. The summed E-state index contributed by atoms with van der Waals surface area (Å²) in [5, 5.41) is 1.71. The molecule has 25 heavy (non-hydrogen) atoms. The summed E-state index contributed by atoms with van der Waals surface area (Å²) in [6.45, 7) is 2.52. The van der Waals surface area contributed by atoms with Gasteiger partial charge in [-0.1, -0.05) is 0 Å². The highest BCUT2D eigenvalue weighted by atomic mass is 32.1. The second-order valence-electron chi connectivity index (χ2n) is 5.99. The fourth-order valence-electron chi connectivity index (χ4n) is 3.16. The largest absolute Gasteiger partial charge is 0.454 e. The van der Waals surface area contributed by atoms with Crippen molar-refractivity contribution in [1.29, 1.82) is 0 Å². The van der Waals surface area contributed by atoms with E-state index in [4.69, 9.17) is 19.9 Å². The predicted octanol–water partition coefficient (Wildman–Crippen LogP) is 2.23. The van der Waals surface area contributed by atoms with Gasteiger partial charge >= 0.3 is 0 Å². The maximum absolute atomic E-state index is 12.8. The third-order valence-corrected chi connectivity index (χ3v) is 5.60. The summed E-state index contributed by atoms with van der Waals surface area (Å²) >= 11 is 1.33. The molecule has 0 aliphatic carbocycles. The van der Waals surface area contributed by atoms with Crippen molar-refractivity contribution in [2.75, 3.05) is 38.8 Å². The van der Waals surface area contributed by atoms with Gasteiger partial charge in [-0.25, -0.2) is 4.98 Å². The average Bonchev–Trinajstić information content (AvgIpc) is 3.22. The van der Waals surface area contributed by atoms with Gasteiger partial charge in [0.15, 0.2) is 11.5 Å². The molecule has 2 aromatic heterocycles. The number of aromatic nitrogens is 1. The van der Waals surface area contributed by atoms with Crippen LogP contribution in [0, 0.1) is 0 Å². The highest BCUT2D eigenvalue weighted by Crippen LogP contribution is 2.39. The van der Waals surface area contributed by atoms with Crippen molar-refractivity contribution >= 4 is 44.1 Å². The molecule has 1 aromatic carbocycles. The van der Waals surface area contributed by atoms with Gasteiger partial charge in [0.1, 0.15) is 9.71 Å². The first-order chi connectivity index (χ1) is 12.2. The molecule has 0 atom stereocenters. The third-order valence-electron chi connectivity index (χ3n) is 4.50. The van der Waals surface area contributed by atoms with E-state index in [2.05, 4.69) is 4.98 Å². The van der Waals surface area contributed by atoms with Gasteiger partial charge in [-0.2, -0.15) is 0 Å². The normalized spacial score (nSPS) is 16.7. The molecule has 0 radical (unpaired) electrons. The number of thiophene rings is 1. The summed E-state index contributed by atoms with van der Waals surface area (Å²) in [4.78, 5) is 20.5. The zero-order valence-corrected chi connectivity index (χ0v) is 14.1. The smallest absolute Gasteiger partial charge is 0.266 e. The molecule has 3 aromatic rings. The van der Waals surface area contributed by atoms with Crippen LogP contribution in [0.2, 0.25) is 0 Å². The number of morpholine rings is 1. The van der Waals surface area contributed by atoms with Crippen LogP contribution in [-0.4, -0.2) is 48.9 Å². The van der Waals surface area contributed by atoms with Crippen molar-refractivity contribution in [3.8, 4) is 11.5 Å². The highest BCUT2D eigenvalue weighted by Gasteiger charge is 2.25. The molecule has 2 N–H and O–H groups in total. The summed E-state index contributed by atoms with van der Waals surface area (Å²) in [5.41, 5.74) is 7.57. The van der Waals surface area contributed by atoms with Crippen molar-refractivity contribution in [3.63, 3.8) is 0 Å². The zero-order valence-electron chi connectivity index (χ0n) is 13.3. The van der Waals surface area contributed by atoms with E-state index in [-0.39, 0.29) is 12.7 Å². The molecule has 0 saturated carbocycles. The molecule has 2 aliphatic rings. The minimum atomic E-state index is -0.0537. The summed E-state index contributed by atoms with van der Waals surface area (Å²) in [6, 6.07) is 5.71. The molecule has 1 fully saturated rings. The Hall–Kier alpha value is -2.58. The van der Waals surface area contributed by atoms with Gasteiger partial charge in [0.05, 0.1) is 24.4 Å². The lowest BCUT2D eigenvalue weighted by molar-refractivity contribution is 0.0307. The van der Waals surface area contributed by atoms with Gasteiger partial charge in [-0.05, 0) is 12.1 Å². The second kappa shape index (κ2) is 5.47. The van der Waals surface area contributed by atoms with Crippen LogP contribution in [0.25, 0.3) is 21.1 Å². The number of carbonyl (C=O) groups is 1. The molecule has 1 saturated heterocycles. The van der Waals surface area contributed by atoms with Crippen LogP contribution in [0.1, 0.15) is 9.67 Å². The number of hydrogen-bond acceptors (Lipinski definition) is 7. The van der Waals surface area contributed by atoms with Gasteiger partial charge in [-0.3, -0.25) is 4.79 Å². The van der Waals surface area contributed by atoms with E-state index in [1.54, 1.807) is 4.90 Å². The Bertz CT molecular complexity index is 1010. The lowest BCUT2D eigenvalue weighted by Crippen LogP contribution is -2.40. The van der Waals surface area contributed by atoms with E-state index in [1.165, 1.54) is 11.3 Å². The van der Waals surface area contributed by atoms with Gasteiger partial charge < -0.3 is 24.8 Å². The van der Waals surface area contributed by atoms with Crippen LogP contribution in [0.4, 0.5) is 5.69 Å². The summed E-state index contributed by atoms with van der Waals surface area (Å²) < 4.78 is 16.1. The van der Waals surface area contributed by atoms with Crippen LogP contribution in [-0.2, 0) is 4.74 Å². The molecule has 7 nitrogen and oxygen atoms in total. The van der Waals surface area contributed by atoms with E-state index in [0.29, 0.717) is 48.4 Å². The van der Waals surface area contributed by atoms with Crippen molar-refractivity contribution in [2.24, 2.45) is 0 Å². The summed E-state index contributed by atoms with van der Waals surface area (Å²) in [7, 11) is 0. The Balaban J connectivity index is 1.62. The molecule has 128 valence electrons. The Morgan fingerprint density at radius 1 is 1.16 bits per heavy atom. The second-order valence-corrected chi connectivity index (χ2v) is 6.99. The number of ether oxygens (including phenoxy) is 3. The number of fused-ring (bicyclic) bond motifs is 3. The van der Waals surface area contributed by atoms with Crippen molar-refractivity contribution < 1.29 is 19.0 Å². The molecule has 4 heterocycles. The third kappa shape index (κ3) is 2.29. The summed E-state index contributed by atoms with van der Waals surface area (Å²) in [6.07, 6.45) is 0. The van der Waals surface area contributed by atoms with Crippen molar-refractivity contribution in [1.82, 2.24) is 9.88 Å². The number of pyridine rings is 1. The Morgan fingerprint density at radius 3 is 2.72 bits per heavy atom. The maximum atomic E-state index is 12.8. The van der Waals surface area contributed by atoms with Gasteiger partial charge in [0.25, 0.3) is 5.91 Å². The first kappa shape index (κ1) is 14.7. The highest BCUT2D eigenvalue weighted by molar-refractivity contribution is 7.21. The number of hydrogen-bond donors (Lipinski definition) is 1. The van der Waals surface area contributed by atoms with Crippen LogP contribution in [0.15, 0.2) is 18.2 Å². The molecule has 5 rings (SSSR count). The number of carbonyl (C=O) groups excluding carboxylic acids is 1. The molecule has 8 heteroatoms. The predicted molar refractivity (Wildman–Crippen MR) is 94.4 cm³/mol. The summed E-state index contributed by atoms with van der Waals surface area (Å²) in [5.74, 6) is 1.34. The maximum Gasteiger partial charge on any atom is 0.266 e. The van der Waals surface area contributed by atoms with E-state index >= 15 is 0 Å². The van der Waals surface area contributed by atoms with E-state index < -0.39 is 0 Å². The van der Waals surface area contributed by atoms with Crippen LogP contribution < -0.4 is 15.2 Å². The van der Waals surface area contributed by atoms with Crippen molar-refractivity contribution in [2.45, 2.75) is 0 Å². The lowest BCUT2D eigenvalue weighted by atomic mass is 10.1. The topological polar surface area (TPSA) is 86.9 Å². The first-order valence-electron chi connectivity index (χ1n) is 8.00. The number of nitrogens with two attached hydrogens (primary N) is 1. The van der Waals surface area contributed by atoms with Gasteiger partial charge in [0, 0.05) is 29.9 Å². The van der Waals surface area contributed by atoms with Crippen LogP contribution >= 0.6 is 11.3 Å². The fraction of sp³-hybridized carbons (Fsp3) is 0.294. The van der Waals surface area contributed by atoms with E-state index in [0.717, 1.165) is 21.1 Å². The molecule has 0 spiro atoms. The van der Waals surface area contributed by atoms with Crippen LogP contribution in [0.5, 0.6) is 11.5 Å². The molecule has 2 aliphatic heterocycles. The number of rotatable bonds is 1. The van der Waals surface area contributed by atoms with Gasteiger partial charge in [0.2, 0.25) is 6.79 Å². The van der Waals surface area contributed by atoms with Gasteiger partial charge in [-0.15, -0.1) is 11.3 Å². The minimum Gasteiger partial charge on any atom is -0.454 e. The Kier molecular flexibility index (Phi) is 3.22. The molecule has 0 unspecified atom stereocenters. The van der Waals surface area contributed by atoms with E-state index in [1.807, 2.05) is 18.2 Å². The molecule has 1 amide bonds. The number of nitrogens with zero attached hydrogens (tertiary/aromatic N) is 2. The quantitative estimate of drug-likeness (QED) is 0.719. The first-order valence-corrected chi connectivity index (χ1v) is 8.82. The number of anilines is 1. The fourth-order valence-corrected chi connectivity index (χ4v) is 4.21. The lowest BCUT2D eigenvalue weighted by Gasteiger charge is -2.26. The zero-order chi connectivity index (χ0) is 17.0. The number of benzene rings is 1. The standard InChI is InChI=1S/C17H15N3O4S/c18-14-10-5-9-6-12-13(24-8-23-12)7-11(9)19-16(10)25-15(14)17(21)20-1-3-22-4-2-20/h5-7H,1-4,8,18H2. The monoisotopic (exact) mass is 357 g/mol. The van der Waals surface area contributed by atoms with Crippen molar-refractivity contribution in [3.05, 3.63) is 23.1 Å². The number of amides is 1. The molecule has 0 bridgehead atoms. The minimum absolute atomic E-state index is 0.0537. The average molecular weight is 357 g/mol.